The molecule has 18 heavy (non-hydrogen) atoms. The fourth-order valence-electron chi connectivity index (χ4n) is 2.35. The summed E-state index contributed by atoms with van der Waals surface area (Å²) in [5.74, 6) is 1.98. The van der Waals surface area contributed by atoms with E-state index in [4.69, 9.17) is 9.47 Å². The SMILES string of the molecule is COc1c(C)c([CH2][Zn+])c(OC)c2ccccc12.[Cl-]. The van der Waals surface area contributed by atoms with Crippen LogP contribution in [0.1, 0.15) is 11.1 Å². The van der Waals surface area contributed by atoms with Crippen LogP contribution in [0, 0.1) is 6.92 Å². The van der Waals surface area contributed by atoms with Gasteiger partial charge in [-0.25, -0.2) is 0 Å². The van der Waals surface area contributed by atoms with Gasteiger partial charge in [-0.2, -0.15) is 0 Å². The molecule has 2 aromatic rings. The van der Waals surface area contributed by atoms with Crippen molar-refractivity contribution in [3.8, 4) is 11.5 Å². The average Bonchev–Trinajstić information content (AvgIpc) is 2.37. The van der Waals surface area contributed by atoms with E-state index in [1.807, 2.05) is 12.1 Å². The minimum Gasteiger partial charge on any atom is -1.00 e. The summed E-state index contributed by atoms with van der Waals surface area (Å²) in [6, 6.07) is 8.24. The number of rotatable bonds is 3. The third kappa shape index (κ3) is 2.34. The van der Waals surface area contributed by atoms with Crippen LogP contribution in [0.4, 0.5) is 0 Å². The molecule has 0 saturated carbocycles. The quantitative estimate of drug-likeness (QED) is 0.754. The molecular weight excluding hydrogens is 301 g/mol. The monoisotopic (exact) mass is 314 g/mol. The summed E-state index contributed by atoms with van der Waals surface area (Å²) in [5, 5.41) is 3.33. The fraction of sp³-hybridized carbons (Fsp3) is 0.286. The first-order valence-electron chi connectivity index (χ1n) is 5.66. The van der Waals surface area contributed by atoms with Gasteiger partial charge in [0, 0.05) is 0 Å². The van der Waals surface area contributed by atoms with Crippen LogP contribution >= 0.6 is 0 Å². The van der Waals surface area contributed by atoms with Crippen molar-refractivity contribution in [2.45, 2.75) is 11.9 Å². The van der Waals surface area contributed by atoms with Crippen LogP contribution in [-0.2, 0) is 23.3 Å². The number of hydrogen-bond donors (Lipinski definition) is 0. The summed E-state index contributed by atoms with van der Waals surface area (Å²) >= 11 is 1.22. The molecule has 0 atom stereocenters. The van der Waals surface area contributed by atoms with E-state index in [1.165, 1.54) is 29.4 Å². The van der Waals surface area contributed by atoms with E-state index in [0.717, 1.165) is 27.3 Å². The normalized spacial score (nSPS) is 10.1. The van der Waals surface area contributed by atoms with Gasteiger partial charge in [0.25, 0.3) is 0 Å². The summed E-state index contributed by atoms with van der Waals surface area (Å²) in [7, 11) is 3.48. The van der Waals surface area contributed by atoms with E-state index < -0.39 is 0 Å². The molecular formula is C14H15ClO2Zn. The Bertz CT molecular complexity index is 555. The number of ether oxygens (including phenoxy) is 2. The molecule has 0 N–H and O–H groups in total. The summed E-state index contributed by atoms with van der Waals surface area (Å²) in [4.78, 5) is 0. The first-order valence-corrected chi connectivity index (χ1v) is 7.75. The molecule has 92 valence electrons. The van der Waals surface area contributed by atoms with Crippen molar-refractivity contribution >= 4 is 10.8 Å². The van der Waals surface area contributed by atoms with E-state index in [0.29, 0.717) is 0 Å². The van der Waals surface area contributed by atoms with Gasteiger partial charge in [0.15, 0.2) is 0 Å². The Labute approximate surface area is 124 Å². The molecule has 0 aliphatic heterocycles. The fourth-order valence-corrected chi connectivity index (χ4v) is 3.61. The van der Waals surface area contributed by atoms with E-state index in [9.17, 15) is 0 Å². The Balaban J connectivity index is 0.00000162. The molecule has 0 bridgehead atoms. The molecule has 0 unspecified atom stereocenters. The van der Waals surface area contributed by atoms with Crippen LogP contribution in [0.3, 0.4) is 0 Å². The van der Waals surface area contributed by atoms with E-state index in [1.54, 1.807) is 14.2 Å². The molecule has 4 heteroatoms. The van der Waals surface area contributed by atoms with Crippen LogP contribution in [-0.4, -0.2) is 14.2 Å². The van der Waals surface area contributed by atoms with Crippen LogP contribution < -0.4 is 21.9 Å². The molecule has 0 heterocycles. The van der Waals surface area contributed by atoms with Gasteiger partial charge in [0.1, 0.15) is 0 Å². The number of fused-ring (bicyclic) bond motifs is 1. The maximum Gasteiger partial charge on any atom is -1.00 e. The van der Waals surface area contributed by atoms with Gasteiger partial charge < -0.3 is 12.4 Å². The molecule has 0 radical (unpaired) electrons. The number of methoxy groups -OCH3 is 2. The second-order valence-electron chi connectivity index (χ2n) is 3.97. The van der Waals surface area contributed by atoms with E-state index >= 15 is 0 Å². The molecule has 0 aromatic heterocycles. The standard InChI is InChI=1S/C14H15O2.ClH.Zn/c1-9-10(2)14(16-4)12-8-6-5-7-11(12)13(9)15-3;;/h5-8H,1H2,2-4H3;1H;/q;;+1/p-1. The van der Waals surface area contributed by atoms with Gasteiger partial charge >= 0.3 is 112 Å². The molecule has 0 saturated heterocycles. The van der Waals surface area contributed by atoms with Crippen molar-refractivity contribution in [1.29, 1.82) is 0 Å². The number of hydrogen-bond acceptors (Lipinski definition) is 2. The van der Waals surface area contributed by atoms with Gasteiger partial charge in [-0.15, -0.1) is 0 Å². The van der Waals surface area contributed by atoms with Crippen LogP contribution in [0.5, 0.6) is 11.5 Å². The summed E-state index contributed by atoms with van der Waals surface area (Å²) < 4.78 is 11.2. The third-order valence-electron chi connectivity index (χ3n) is 3.14. The molecule has 0 spiro atoms. The zero-order chi connectivity index (χ0) is 12.4. The minimum absolute atomic E-state index is 0. The molecule has 2 aromatic carbocycles. The Morgan fingerprint density at radius 2 is 1.50 bits per heavy atom. The first kappa shape index (κ1) is 15.3. The van der Waals surface area contributed by atoms with Crippen molar-refractivity contribution in [2.75, 3.05) is 14.2 Å². The van der Waals surface area contributed by atoms with Crippen LogP contribution in [0.2, 0.25) is 0 Å². The van der Waals surface area contributed by atoms with Gasteiger partial charge in [-0.3, -0.25) is 0 Å². The summed E-state index contributed by atoms with van der Waals surface area (Å²) in [6.45, 7) is 2.11. The van der Waals surface area contributed by atoms with Crippen molar-refractivity contribution in [3.63, 3.8) is 0 Å². The number of halogens is 1. The topological polar surface area (TPSA) is 18.5 Å². The van der Waals surface area contributed by atoms with Crippen molar-refractivity contribution in [2.24, 2.45) is 0 Å². The van der Waals surface area contributed by atoms with Gasteiger partial charge in [-0.1, -0.05) is 0 Å². The van der Waals surface area contributed by atoms with Gasteiger partial charge in [0.05, 0.1) is 0 Å². The predicted octanol–water partition coefficient (Wildman–Crippen LogP) is 0.216. The van der Waals surface area contributed by atoms with Crippen molar-refractivity contribution in [1.82, 2.24) is 0 Å². The molecule has 0 aliphatic carbocycles. The predicted molar refractivity (Wildman–Crippen MR) is 65.5 cm³/mol. The second kappa shape index (κ2) is 6.40. The number of benzene rings is 2. The largest absolute Gasteiger partial charge is 1.00 e. The molecule has 2 rings (SSSR count). The molecule has 0 amide bonds. The Kier molecular flexibility index (Phi) is 5.43. The second-order valence-corrected chi connectivity index (χ2v) is 5.01. The van der Waals surface area contributed by atoms with Crippen molar-refractivity contribution in [3.05, 3.63) is 35.4 Å². The van der Waals surface area contributed by atoms with Crippen LogP contribution in [0.15, 0.2) is 24.3 Å². The Hall–Kier alpha value is -0.787. The van der Waals surface area contributed by atoms with E-state index in [2.05, 4.69) is 19.1 Å². The summed E-state index contributed by atoms with van der Waals surface area (Å²) in [5.41, 5.74) is 2.48. The maximum absolute atomic E-state index is 5.59. The van der Waals surface area contributed by atoms with Crippen LogP contribution in [0.25, 0.3) is 10.8 Å². The summed E-state index contributed by atoms with van der Waals surface area (Å²) in [6.07, 6.45) is 0. The Morgan fingerprint density at radius 3 is 1.94 bits per heavy atom. The minimum atomic E-state index is 0. The molecule has 0 aliphatic rings. The Morgan fingerprint density at radius 1 is 1.00 bits per heavy atom. The maximum atomic E-state index is 5.59. The van der Waals surface area contributed by atoms with Gasteiger partial charge in [0.2, 0.25) is 0 Å². The third-order valence-corrected chi connectivity index (χ3v) is 4.19. The molecule has 0 fully saturated rings. The first-order chi connectivity index (χ1) is 8.24. The molecule has 2 nitrogen and oxygen atoms in total. The van der Waals surface area contributed by atoms with Gasteiger partial charge in [-0.05, 0) is 0 Å². The smallest absolute Gasteiger partial charge is 1.00 e. The van der Waals surface area contributed by atoms with E-state index in [-0.39, 0.29) is 12.4 Å². The zero-order valence-electron chi connectivity index (χ0n) is 10.9. The zero-order valence-corrected chi connectivity index (χ0v) is 14.6. The average molecular weight is 316 g/mol. The van der Waals surface area contributed by atoms with Crippen molar-refractivity contribution < 1.29 is 40.2 Å².